The molecule has 6 heteroatoms. The van der Waals surface area contributed by atoms with Crippen LogP contribution in [0.4, 0.5) is 14.6 Å². The number of aliphatic carboxylic acids is 1. The van der Waals surface area contributed by atoms with Crippen molar-refractivity contribution in [3.05, 3.63) is 23.9 Å². The van der Waals surface area contributed by atoms with Gasteiger partial charge in [-0.1, -0.05) is 0 Å². The highest BCUT2D eigenvalue weighted by atomic mass is 19.1. The molecule has 1 N–H and O–H groups in total. The van der Waals surface area contributed by atoms with Crippen molar-refractivity contribution in [2.24, 2.45) is 0 Å². The van der Waals surface area contributed by atoms with E-state index in [-0.39, 0.29) is 5.82 Å². The highest BCUT2D eigenvalue weighted by Crippen LogP contribution is 2.27. The van der Waals surface area contributed by atoms with Gasteiger partial charge in [0.1, 0.15) is 11.9 Å². The van der Waals surface area contributed by atoms with Gasteiger partial charge in [0.15, 0.2) is 11.6 Å². The van der Waals surface area contributed by atoms with Crippen LogP contribution in [-0.4, -0.2) is 28.6 Å². The summed E-state index contributed by atoms with van der Waals surface area (Å²) in [5.41, 5.74) is 0. The van der Waals surface area contributed by atoms with Crippen molar-refractivity contribution in [1.82, 2.24) is 4.98 Å². The summed E-state index contributed by atoms with van der Waals surface area (Å²) >= 11 is 0. The predicted molar refractivity (Wildman–Crippen MR) is 47.5 cm³/mol. The molecule has 2 rings (SSSR count). The van der Waals surface area contributed by atoms with Gasteiger partial charge >= 0.3 is 5.97 Å². The number of hydrogen-bond donors (Lipinski definition) is 1. The highest BCUT2D eigenvalue weighted by Gasteiger charge is 2.36. The Bertz CT molecular complexity index is 411. The Morgan fingerprint density at radius 3 is 2.80 bits per heavy atom. The average molecular weight is 214 g/mol. The van der Waals surface area contributed by atoms with E-state index in [1.165, 1.54) is 4.90 Å². The van der Waals surface area contributed by atoms with E-state index in [0.29, 0.717) is 19.0 Å². The number of nitrogens with zero attached hydrogens (tertiary/aromatic N) is 2. The molecule has 1 atom stereocenters. The molecule has 1 aromatic rings. The molecule has 0 aromatic carbocycles. The zero-order chi connectivity index (χ0) is 11.0. The minimum absolute atomic E-state index is 0.102. The molecule has 0 aliphatic carbocycles. The van der Waals surface area contributed by atoms with Gasteiger partial charge in [0.25, 0.3) is 0 Å². The summed E-state index contributed by atoms with van der Waals surface area (Å²) < 4.78 is 25.8. The van der Waals surface area contributed by atoms with Crippen LogP contribution in [0.3, 0.4) is 0 Å². The number of aromatic nitrogens is 1. The lowest BCUT2D eigenvalue weighted by Crippen LogP contribution is -2.53. The van der Waals surface area contributed by atoms with E-state index in [1.54, 1.807) is 0 Å². The number of rotatable bonds is 2. The molecule has 1 aliphatic heterocycles. The van der Waals surface area contributed by atoms with Crippen LogP contribution in [0, 0.1) is 11.6 Å². The maximum Gasteiger partial charge on any atom is 0.326 e. The molecule has 0 spiro atoms. The Hall–Kier alpha value is -1.72. The highest BCUT2D eigenvalue weighted by molar-refractivity contribution is 5.79. The Morgan fingerprint density at radius 2 is 2.33 bits per heavy atom. The van der Waals surface area contributed by atoms with Crippen molar-refractivity contribution in [3.8, 4) is 0 Å². The van der Waals surface area contributed by atoms with Crippen molar-refractivity contribution < 1.29 is 18.7 Å². The smallest absolute Gasteiger partial charge is 0.326 e. The molecule has 2 heterocycles. The Morgan fingerprint density at radius 1 is 1.60 bits per heavy atom. The van der Waals surface area contributed by atoms with Gasteiger partial charge in [-0.25, -0.2) is 18.6 Å². The van der Waals surface area contributed by atoms with Gasteiger partial charge in [-0.05, 0) is 6.42 Å². The summed E-state index contributed by atoms with van der Waals surface area (Å²) in [6.45, 7) is 0.423. The third kappa shape index (κ3) is 1.62. The van der Waals surface area contributed by atoms with Crippen LogP contribution in [0.5, 0.6) is 0 Å². The third-order valence-corrected chi connectivity index (χ3v) is 2.37. The first-order chi connectivity index (χ1) is 7.09. The van der Waals surface area contributed by atoms with Gasteiger partial charge < -0.3 is 10.0 Å². The molecule has 1 aliphatic rings. The van der Waals surface area contributed by atoms with Crippen LogP contribution in [0.15, 0.2) is 12.3 Å². The van der Waals surface area contributed by atoms with E-state index < -0.39 is 23.6 Å². The number of anilines is 1. The van der Waals surface area contributed by atoms with Crippen molar-refractivity contribution in [3.63, 3.8) is 0 Å². The number of carbonyl (C=O) groups is 1. The second-order valence-corrected chi connectivity index (χ2v) is 3.30. The summed E-state index contributed by atoms with van der Waals surface area (Å²) in [6.07, 6.45) is 1.32. The molecule has 0 bridgehead atoms. The zero-order valence-electron chi connectivity index (χ0n) is 7.65. The van der Waals surface area contributed by atoms with Crippen LogP contribution in [0.25, 0.3) is 0 Å². The second-order valence-electron chi connectivity index (χ2n) is 3.30. The predicted octanol–water partition coefficient (Wildman–Crippen LogP) is 1.02. The summed E-state index contributed by atoms with van der Waals surface area (Å²) in [5, 5.41) is 8.74. The Labute approximate surface area is 84.2 Å². The molecular formula is C9H8F2N2O2. The fourth-order valence-corrected chi connectivity index (χ4v) is 1.52. The molecule has 1 aromatic heterocycles. The van der Waals surface area contributed by atoms with E-state index in [4.69, 9.17) is 5.11 Å². The molecule has 4 nitrogen and oxygen atoms in total. The van der Waals surface area contributed by atoms with Gasteiger partial charge in [-0.15, -0.1) is 0 Å². The Kier molecular flexibility index (Phi) is 2.26. The summed E-state index contributed by atoms with van der Waals surface area (Å²) in [5.74, 6) is -2.73. The van der Waals surface area contributed by atoms with Crippen LogP contribution in [0.1, 0.15) is 6.42 Å². The fourth-order valence-electron chi connectivity index (χ4n) is 1.52. The minimum Gasteiger partial charge on any atom is -0.480 e. The number of hydrogen-bond acceptors (Lipinski definition) is 3. The molecule has 1 saturated heterocycles. The maximum atomic E-state index is 13.2. The molecular weight excluding hydrogens is 206 g/mol. The van der Waals surface area contributed by atoms with Gasteiger partial charge in [0, 0.05) is 12.6 Å². The summed E-state index contributed by atoms with van der Waals surface area (Å²) in [6, 6.07) is -0.0583. The topological polar surface area (TPSA) is 53.4 Å². The first kappa shape index (κ1) is 9.82. The third-order valence-electron chi connectivity index (χ3n) is 2.37. The van der Waals surface area contributed by atoms with Crippen molar-refractivity contribution >= 4 is 11.8 Å². The largest absolute Gasteiger partial charge is 0.480 e. The second kappa shape index (κ2) is 3.45. The summed E-state index contributed by atoms with van der Waals surface area (Å²) in [4.78, 5) is 15.5. The lowest BCUT2D eigenvalue weighted by Gasteiger charge is -2.38. The van der Waals surface area contributed by atoms with Crippen LogP contribution >= 0.6 is 0 Å². The Balaban J connectivity index is 2.27. The maximum absolute atomic E-state index is 13.2. The first-order valence-electron chi connectivity index (χ1n) is 4.40. The van der Waals surface area contributed by atoms with Crippen molar-refractivity contribution in [2.75, 3.05) is 11.4 Å². The van der Waals surface area contributed by atoms with E-state index in [1.807, 2.05) is 0 Å². The lowest BCUT2D eigenvalue weighted by molar-refractivity contribution is -0.140. The van der Waals surface area contributed by atoms with E-state index >= 15 is 0 Å². The molecule has 0 radical (unpaired) electrons. The fraction of sp³-hybridized carbons (Fsp3) is 0.333. The monoisotopic (exact) mass is 214 g/mol. The lowest BCUT2D eigenvalue weighted by atomic mass is 10.0. The van der Waals surface area contributed by atoms with Gasteiger partial charge in [0.2, 0.25) is 0 Å². The summed E-state index contributed by atoms with van der Waals surface area (Å²) in [7, 11) is 0. The van der Waals surface area contributed by atoms with Crippen LogP contribution < -0.4 is 4.90 Å². The van der Waals surface area contributed by atoms with E-state index in [0.717, 1.165) is 6.20 Å². The van der Waals surface area contributed by atoms with E-state index in [9.17, 15) is 13.6 Å². The SMILES string of the molecule is O=C(O)[C@@H]1CCN1c1ncc(F)cc1F. The first-order valence-corrected chi connectivity index (χ1v) is 4.40. The number of carboxylic acid groups (broad SMARTS) is 1. The number of carboxylic acids is 1. The minimum atomic E-state index is -1.02. The molecule has 1 fully saturated rings. The van der Waals surface area contributed by atoms with Gasteiger partial charge in [-0.3, -0.25) is 0 Å². The molecule has 80 valence electrons. The number of halogens is 2. The normalized spacial score (nSPS) is 19.9. The standard InChI is InChI=1S/C9H8F2N2O2/c10-5-3-6(11)8(12-4-5)13-2-1-7(13)9(14)15/h3-4,7H,1-2H2,(H,14,15)/t7-/m0/s1. The average Bonchev–Trinajstić information content (AvgIpc) is 2.06. The molecule has 15 heavy (non-hydrogen) atoms. The quantitative estimate of drug-likeness (QED) is 0.798. The van der Waals surface area contributed by atoms with Gasteiger partial charge in [0.05, 0.1) is 6.20 Å². The van der Waals surface area contributed by atoms with E-state index in [2.05, 4.69) is 4.98 Å². The molecule has 0 amide bonds. The van der Waals surface area contributed by atoms with Crippen molar-refractivity contribution in [2.45, 2.75) is 12.5 Å². The molecule has 0 unspecified atom stereocenters. The number of pyridine rings is 1. The van der Waals surface area contributed by atoms with Crippen LogP contribution in [0.2, 0.25) is 0 Å². The van der Waals surface area contributed by atoms with Gasteiger partial charge in [-0.2, -0.15) is 0 Å². The van der Waals surface area contributed by atoms with Crippen LogP contribution in [-0.2, 0) is 4.79 Å². The van der Waals surface area contributed by atoms with Crippen molar-refractivity contribution in [1.29, 1.82) is 0 Å². The molecule has 0 saturated carbocycles. The zero-order valence-corrected chi connectivity index (χ0v) is 7.65.